The van der Waals surface area contributed by atoms with E-state index >= 15 is 0 Å². The number of carboxylic acid groups (broad SMARTS) is 1. The van der Waals surface area contributed by atoms with E-state index in [1.54, 1.807) is 36.4 Å². The molecule has 1 aliphatic rings. The fraction of sp³-hybridized carbons (Fsp3) is 0.340. The van der Waals surface area contributed by atoms with Crippen LogP contribution in [0.5, 0.6) is 11.5 Å². The number of nitrogens with zero attached hydrogens (tertiary/aromatic N) is 2. The number of hydrogen-bond acceptors (Lipinski definition) is 10. The number of anilines is 1. The van der Waals surface area contributed by atoms with Crippen molar-refractivity contribution >= 4 is 45.5 Å². The van der Waals surface area contributed by atoms with Gasteiger partial charge in [0.1, 0.15) is 28.3 Å². The number of carboxylic acids is 1. The zero-order chi connectivity index (χ0) is 44.7. The summed E-state index contributed by atoms with van der Waals surface area (Å²) in [5.41, 5.74) is 7.96. The first kappa shape index (κ1) is 46.7. The normalized spacial score (nSPS) is 13.2. The maximum atomic E-state index is 13.3. The molecule has 0 fully saturated rings. The van der Waals surface area contributed by atoms with Crippen LogP contribution in [0, 0.1) is 5.41 Å². The Hall–Kier alpha value is -6.32. The predicted octanol–water partition coefficient (Wildman–Crippen LogP) is 7.44. The molecule has 2 amide bonds. The van der Waals surface area contributed by atoms with E-state index in [1.807, 2.05) is 26.0 Å². The second-order valence-electron chi connectivity index (χ2n) is 15.7. The highest BCUT2D eigenvalue weighted by Gasteiger charge is 2.31. The Morgan fingerprint density at radius 2 is 1.73 bits per heavy atom. The minimum atomic E-state index is -4.41. The topological polar surface area (TPSA) is 206 Å². The number of fused-ring (bicyclic) bond motifs is 1. The number of pyridine rings is 1. The lowest BCUT2D eigenvalue weighted by Crippen LogP contribution is -2.47. The molecular weight excluding hydrogens is 811 g/mol. The molecule has 0 saturated heterocycles. The maximum Gasteiger partial charge on any atom is 0.326 e. The molecule has 1 aromatic heterocycles. The van der Waals surface area contributed by atoms with E-state index in [1.165, 1.54) is 58.9 Å². The minimum Gasteiger partial charge on any atom is -0.494 e. The fourth-order valence-electron chi connectivity index (χ4n) is 7.03. The van der Waals surface area contributed by atoms with Crippen LogP contribution in [0.25, 0.3) is 5.57 Å². The summed E-state index contributed by atoms with van der Waals surface area (Å²) in [6.45, 7) is 13.0. The van der Waals surface area contributed by atoms with Gasteiger partial charge in [-0.1, -0.05) is 62.9 Å². The molecule has 62 heavy (non-hydrogen) atoms. The highest BCUT2D eigenvalue weighted by atomic mass is 32.2. The SMILES string of the molecule is C=CCc1c(OCCCCC(C)(C)C(=O)N[C@@H](Cc2ccc(OCCCNC(=O)c3ccc(N/N=C\c4ccccc4S(=O)(=O)O)nc3)cc2)C(=O)O)ccc2c1CCCC2=C. The number of aliphatic carboxylic acids is 1. The zero-order valence-electron chi connectivity index (χ0n) is 35.2. The van der Waals surface area contributed by atoms with Crippen LogP contribution in [0.15, 0.2) is 108 Å². The zero-order valence-corrected chi connectivity index (χ0v) is 36.0. The summed E-state index contributed by atoms with van der Waals surface area (Å²) < 4.78 is 44.5. The summed E-state index contributed by atoms with van der Waals surface area (Å²) in [6.07, 6.45) is 11.0. The first-order valence-corrected chi connectivity index (χ1v) is 22.0. The van der Waals surface area contributed by atoms with Crippen molar-refractivity contribution in [2.75, 3.05) is 25.2 Å². The van der Waals surface area contributed by atoms with Gasteiger partial charge in [-0.05, 0) is 110 Å². The molecule has 1 atom stereocenters. The molecule has 0 radical (unpaired) electrons. The highest BCUT2D eigenvalue weighted by Crippen LogP contribution is 2.36. The summed E-state index contributed by atoms with van der Waals surface area (Å²) >= 11 is 0. The van der Waals surface area contributed by atoms with Gasteiger partial charge in [0.05, 0.1) is 25.0 Å². The smallest absolute Gasteiger partial charge is 0.326 e. The molecular formula is C47H55N5O9S. The van der Waals surface area contributed by atoms with Crippen LogP contribution in [0.2, 0.25) is 0 Å². The van der Waals surface area contributed by atoms with Gasteiger partial charge in [-0.2, -0.15) is 13.5 Å². The molecule has 1 heterocycles. The molecule has 0 spiro atoms. The minimum absolute atomic E-state index is 0.100. The summed E-state index contributed by atoms with van der Waals surface area (Å²) in [5.74, 6) is -0.0238. The molecule has 4 aromatic rings. The Labute approximate surface area is 363 Å². The lowest BCUT2D eigenvalue weighted by atomic mass is 9.84. The van der Waals surface area contributed by atoms with E-state index in [0.29, 0.717) is 49.7 Å². The second-order valence-corrected chi connectivity index (χ2v) is 17.1. The number of allylic oxidation sites excluding steroid dienone is 2. The second kappa shape index (κ2) is 22.0. The number of hydrogen-bond donors (Lipinski definition) is 5. The van der Waals surface area contributed by atoms with Gasteiger partial charge < -0.3 is 25.2 Å². The molecule has 0 bridgehead atoms. The standard InChI is InChI=1S/C47H55N5O9S/c1-5-12-39-38-15-10-13-32(2)37(38)22-23-41(39)61-27-9-8-25-47(3,4)46(56)51-40(45(54)55)29-33-17-20-36(21-18-33)60-28-11-26-48-44(53)35-19-24-43(49-30-35)52-50-31-34-14-6-7-16-42(34)62(57,58)59/h5-7,14,16-24,30-31,40H,1-2,8-13,15,25-29H2,3-4H3,(H,48,53)(H,49,52)(H,51,56)(H,54,55)(H,57,58,59)/b50-31-/t40-/m0/s1. The molecule has 0 unspecified atom stereocenters. The van der Waals surface area contributed by atoms with E-state index < -0.39 is 27.5 Å². The third-order valence-corrected chi connectivity index (χ3v) is 11.5. The van der Waals surface area contributed by atoms with Gasteiger partial charge in [0.25, 0.3) is 16.0 Å². The van der Waals surface area contributed by atoms with Crippen molar-refractivity contribution in [2.45, 2.75) is 82.6 Å². The van der Waals surface area contributed by atoms with Crippen LogP contribution < -0.4 is 25.5 Å². The Kier molecular flexibility index (Phi) is 16.6. The number of rotatable bonds is 23. The lowest BCUT2D eigenvalue weighted by molar-refractivity contribution is -0.143. The van der Waals surface area contributed by atoms with Crippen LogP contribution in [0.1, 0.15) is 90.5 Å². The monoisotopic (exact) mass is 865 g/mol. The highest BCUT2D eigenvalue weighted by molar-refractivity contribution is 7.86. The van der Waals surface area contributed by atoms with Gasteiger partial charge in [-0.15, -0.1) is 6.58 Å². The van der Waals surface area contributed by atoms with Crippen molar-refractivity contribution in [3.63, 3.8) is 0 Å². The number of hydrazone groups is 1. The van der Waals surface area contributed by atoms with Crippen molar-refractivity contribution in [3.05, 3.63) is 132 Å². The molecule has 3 aromatic carbocycles. The Balaban J connectivity index is 0.991. The molecule has 14 nitrogen and oxygen atoms in total. The van der Waals surface area contributed by atoms with Crippen LogP contribution in [-0.4, -0.2) is 72.9 Å². The predicted molar refractivity (Wildman–Crippen MR) is 239 cm³/mol. The quantitative estimate of drug-likeness (QED) is 0.0163. The van der Waals surface area contributed by atoms with Crippen LogP contribution in [0.3, 0.4) is 0 Å². The first-order valence-electron chi connectivity index (χ1n) is 20.6. The number of benzene rings is 3. The number of carbonyl (C=O) groups is 3. The van der Waals surface area contributed by atoms with Crippen LogP contribution >= 0.6 is 0 Å². The number of unbranched alkanes of at least 4 members (excludes halogenated alkanes) is 1. The van der Waals surface area contributed by atoms with Gasteiger partial charge in [-0.25, -0.2) is 9.78 Å². The average molecular weight is 866 g/mol. The van der Waals surface area contributed by atoms with Gasteiger partial charge in [0.2, 0.25) is 5.91 Å². The van der Waals surface area contributed by atoms with Crippen LogP contribution in [-0.2, 0) is 39.0 Å². The number of ether oxygens (including phenoxy) is 2. The number of aromatic nitrogens is 1. The van der Waals surface area contributed by atoms with E-state index in [0.717, 1.165) is 49.8 Å². The average Bonchev–Trinajstić information content (AvgIpc) is 3.24. The van der Waals surface area contributed by atoms with Crippen molar-refractivity contribution in [3.8, 4) is 11.5 Å². The summed E-state index contributed by atoms with van der Waals surface area (Å²) in [5, 5.41) is 19.5. The number of amides is 2. The van der Waals surface area contributed by atoms with Crippen LogP contribution in [0.4, 0.5) is 5.82 Å². The van der Waals surface area contributed by atoms with E-state index in [-0.39, 0.29) is 28.7 Å². The summed E-state index contributed by atoms with van der Waals surface area (Å²) in [4.78, 5) is 42.0. The molecule has 0 aliphatic heterocycles. The molecule has 328 valence electrons. The van der Waals surface area contributed by atoms with Crippen molar-refractivity contribution in [1.29, 1.82) is 0 Å². The van der Waals surface area contributed by atoms with Gasteiger partial charge in [0, 0.05) is 35.7 Å². The van der Waals surface area contributed by atoms with E-state index in [4.69, 9.17) is 9.47 Å². The van der Waals surface area contributed by atoms with Crippen molar-refractivity contribution < 1.29 is 41.9 Å². The summed E-state index contributed by atoms with van der Waals surface area (Å²) in [7, 11) is -4.41. The lowest BCUT2D eigenvalue weighted by Gasteiger charge is -2.26. The largest absolute Gasteiger partial charge is 0.494 e. The maximum absolute atomic E-state index is 13.3. The van der Waals surface area contributed by atoms with Gasteiger partial charge in [0.15, 0.2) is 0 Å². The first-order chi connectivity index (χ1) is 29.7. The number of nitrogens with one attached hydrogen (secondary N) is 3. The Morgan fingerprint density at radius 1 is 0.968 bits per heavy atom. The third kappa shape index (κ3) is 13.3. The Morgan fingerprint density at radius 3 is 2.44 bits per heavy atom. The van der Waals surface area contributed by atoms with Gasteiger partial charge >= 0.3 is 5.97 Å². The van der Waals surface area contributed by atoms with Crippen molar-refractivity contribution in [2.24, 2.45) is 10.5 Å². The van der Waals surface area contributed by atoms with E-state index in [9.17, 15) is 32.5 Å². The molecule has 5 rings (SSSR count). The number of carbonyl (C=O) groups excluding carboxylic acids is 2. The molecule has 5 N–H and O–H groups in total. The van der Waals surface area contributed by atoms with Gasteiger partial charge in [-0.3, -0.25) is 19.6 Å². The molecule has 1 aliphatic carbocycles. The fourth-order valence-corrected chi connectivity index (χ4v) is 7.70. The summed E-state index contributed by atoms with van der Waals surface area (Å²) in [6, 6.07) is 18.9. The molecule has 0 saturated carbocycles. The Bertz CT molecular complexity index is 2360. The third-order valence-electron chi connectivity index (χ3n) is 10.5. The molecule has 15 heteroatoms. The van der Waals surface area contributed by atoms with E-state index in [2.05, 4.69) is 45.4 Å². The van der Waals surface area contributed by atoms with Crippen molar-refractivity contribution in [1.82, 2.24) is 15.6 Å².